The van der Waals surface area contributed by atoms with Crippen LogP contribution in [-0.2, 0) is 10.2 Å². The topological polar surface area (TPSA) is 73.1 Å². The number of aliphatic hydroxyl groups is 1. The van der Waals surface area contributed by atoms with Gasteiger partial charge in [0, 0.05) is 5.69 Å². The van der Waals surface area contributed by atoms with E-state index in [9.17, 15) is 9.90 Å². The van der Waals surface area contributed by atoms with Gasteiger partial charge >= 0.3 is 0 Å². The predicted octanol–water partition coefficient (Wildman–Crippen LogP) is 3.67. The molecule has 0 aromatic heterocycles. The van der Waals surface area contributed by atoms with E-state index < -0.39 is 5.91 Å². The van der Waals surface area contributed by atoms with E-state index in [1.54, 1.807) is 18.2 Å². The van der Waals surface area contributed by atoms with Crippen molar-refractivity contribution in [2.45, 2.75) is 39.5 Å². The Morgan fingerprint density at radius 2 is 1.90 bits per heavy atom. The molecule has 0 aliphatic rings. The number of carbonyl (C=O) groups is 1. The molecule has 0 aliphatic carbocycles. The van der Waals surface area contributed by atoms with Crippen molar-refractivity contribution >= 4 is 11.6 Å². The summed E-state index contributed by atoms with van der Waals surface area (Å²) < 4.78 is 0. The number of benzene rings is 1. The first kappa shape index (κ1) is 15.8. The summed E-state index contributed by atoms with van der Waals surface area (Å²) in [6, 6.07) is 9.20. The van der Waals surface area contributed by atoms with E-state index in [0.29, 0.717) is 5.69 Å². The number of hydrogen-bond acceptors (Lipinski definition) is 3. The summed E-state index contributed by atoms with van der Waals surface area (Å²) in [4.78, 5) is 11.8. The normalized spacial score (nSPS) is 12.3. The van der Waals surface area contributed by atoms with E-state index in [1.165, 1.54) is 12.5 Å². The van der Waals surface area contributed by atoms with E-state index >= 15 is 0 Å². The molecule has 0 unspecified atom stereocenters. The van der Waals surface area contributed by atoms with Gasteiger partial charge in [0.25, 0.3) is 5.91 Å². The molecule has 1 aromatic rings. The van der Waals surface area contributed by atoms with Crippen molar-refractivity contribution in [3.8, 4) is 6.07 Å². The summed E-state index contributed by atoms with van der Waals surface area (Å²) in [6.07, 6.45) is 1.02. The molecule has 0 fully saturated rings. The Morgan fingerprint density at radius 3 is 2.30 bits per heavy atom. The monoisotopic (exact) mass is 272 g/mol. The average Bonchev–Trinajstić information content (AvgIpc) is 2.39. The van der Waals surface area contributed by atoms with Crippen LogP contribution >= 0.6 is 0 Å². The minimum atomic E-state index is -0.602. The van der Waals surface area contributed by atoms with Crippen LogP contribution < -0.4 is 5.32 Å². The zero-order valence-electron chi connectivity index (χ0n) is 12.3. The molecule has 0 heterocycles. The van der Waals surface area contributed by atoms with Crippen molar-refractivity contribution < 1.29 is 9.90 Å². The van der Waals surface area contributed by atoms with Gasteiger partial charge in [-0.2, -0.15) is 5.26 Å². The number of nitriles is 1. The van der Waals surface area contributed by atoms with Gasteiger partial charge in [-0.1, -0.05) is 32.9 Å². The molecule has 0 radical (unpaired) electrons. The van der Waals surface area contributed by atoms with Gasteiger partial charge in [0.2, 0.25) is 0 Å². The molecule has 1 aromatic carbocycles. The minimum Gasteiger partial charge on any atom is -0.511 e. The van der Waals surface area contributed by atoms with Crippen molar-refractivity contribution in [3.05, 3.63) is 41.2 Å². The Hall–Kier alpha value is -2.28. The molecule has 0 bridgehead atoms. The second kappa shape index (κ2) is 6.25. The van der Waals surface area contributed by atoms with E-state index in [2.05, 4.69) is 26.1 Å². The number of rotatable bonds is 4. The maximum absolute atomic E-state index is 11.8. The first-order chi connectivity index (χ1) is 9.31. The third-order valence-electron chi connectivity index (χ3n) is 3.51. The molecule has 2 N–H and O–H groups in total. The van der Waals surface area contributed by atoms with Gasteiger partial charge in [-0.15, -0.1) is 0 Å². The van der Waals surface area contributed by atoms with Crippen molar-refractivity contribution in [1.29, 1.82) is 5.26 Å². The van der Waals surface area contributed by atoms with Crippen LogP contribution in [0, 0.1) is 11.3 Å². The highest BCUT2D eigenvalue weighted by Gasteiger charge is 2.18. The van der Waals surface area contributed by atoms with Crippen LogP contribution in [0.5, 0.6) is 0 Å². The second-order valence-electron chi connectivity index (χ2n) is 5.34. The van der Waals surface area contributed by atoms with Crippen molar-refractivity contribution in [1.82, 2.24) is 0 Å². The predicted molar refractivity (Wildman–Crippen MR) is 79.3 cm³/mol. The lowest BCUT2D eigenvalue weighted by molar-refractivity contribution is -0.112. The molecule has 4 heteroatoms. The highest BCUT2D eigenvalue weighted by molar-refractivity contribution is 6.06. The van der Waals surface area contributed by atoms with Gasteiger partial charge in [-0.3, -0.25) is 4.79 Å². The first-order valence-corrected chi connectivity index (χ1v) is 6.53. The standard InChI is InChI=1S/C16H20N2O2/c1-5-16(3,4)12-6-8-13(9-7-12)18-15(20)14(10-17)11(2)19/h6-9,19H,5H2,1-4H3,(H,18,20). The minimum absolute atomic E-state index is 0.0853. The number of allylic oxidation sites excluding steroid dienone is 1. The third-order valence-corrected chi connectivity index (χ3v) is 3.51. The molecule has 106 valence electrons. The summed E-state index contributed by atoms with van der Waals surface area (Å²) in [7, 11) is 0. The summed E-state index contributed by atoms with van der Waals surface area (Å²) >= 11 is 0. The van der Waals surface area contributed by atoms with Crippen molar-refractivity contribution in [3.63, 3.8) is 0 Å². The molecule has 20 heavy (non-hydrogen) atoms. The molecule has 0 atom stereocenters. The van der Waals surface area contributed by atoms with E-state index in [1.807, 2.05) is 12.1 Å². The van der Waals surface area contributed by atoms with E-state index in [-0.39, 0.29) is 16.7 Å². The fourth-order valence-electron chi connectivity index (χ4n) is 1.70. The average molecular weight is 272 g/mol. The Labute approximate surface area is 119 Å². The molecule has 0 saturated carbocycles. The number of amides is 1. The number of aliphatic hydroxyl groups excluding tert-OH is 1. The van der Waals surface area contributed by atoms with Crippen LogP contribution in [0.25, 0.3) is 0 Å². The van der Waals surface area contributed by atoms with Gasteiger partial charge < -0.3 is 10.4 Å². The summed E-state index contributed by atoms with van der Waals surface area (Å²) in [6.45, 7) is 7.76. The molecular weight excluding hydrogens is 252 g/mol. The SMILES string of the molecule is CCC(C)(C)c1ccc(NC(=O)C(C#N)=C(C)O)cc1. The van der Waals surface area contributed by atoms with Gasteiger partial charge in [0.1, 0.15) is 11.8 Å². The van der Waals surface area contributed by atoms with Gasteiger partial charge in [0.15, 0.2) is 5.57 Å². The summed E-state index contributed by atoms with van der Waals surface area (Å²) in [5, 5.41) is 20.6. The van der Waals surface area contributed by atoms with Crippen LogP contribution in [0.2, 0.25) is 0 Å². The Balaban J connectivity index is 2.90. The van der Waals surface area contributed by atoms with E-state index in [0.717, 1.165) is 6.42 Å². The lowest BCUT2D eigenvalue weighted by Crippen LogP contribution is -2.17. The zero-order chi connectivity index (χ0) is 15.3. The molecule has 0 spiro atoms. The lowest BCUT2D eigenvalue weighted by Gasteiger charge is -2.23. The fraction of sp³-hybridized carbons (Fsp3) is 0.375. The van der Waals surface area contributed by atoms with Crippen LogP contribution in [0.15, 0.2) is 35.6 Å². The number of nitrogens with zero attached hydrogens (tertiary/aromatic N) is 1. The number of nitrogens with one attached hydrogen (secondary N) is 1. The molecule has 0 saturated heterocycles. The molecular formula is C16H20N2O2. The first-order valence-electron chi connectivity index (χ1n) is 6.53. The lowest BCUT2D eigenvalue weighted by atomic mass is 9.82. The van der Waals surface area contributed by atoms with Crippen LogP contribution in [0.1, 0.15) is 39.7 Å². The maximum Gasteiger partial charge on any atom is 0.269 e. The smallest absolute Gasteiger partial charge is 0.269 e. The van der Waals surface area contributed by atoms with Crippen molar-refractivity contribution in [2.75, 3.05) is 5.32 Å². The largest absolute Gasteiger partial charge is 0.511 e. The maximum atomic E-state index is 11.8. The van der Waals surface area contributed by atoms with Crippen molar-refractivity contribution in [2.24, 2.45) is 0 Å². The van der Waals surface area contributed by atoms with Gasteiger partial charge in [-0.25, -0.2) is 0 Å². The van der Waals surface area contributed by atoms with Gasteiger partial charge in [0.05, 0.1) is 0 Å². The Morgan fingerprint density at radius 1 is 1.35 bits per heavy atom. The fourth-order valence-corrected chi connectivity index (χ4v) is 1.70. The highest BCUT2D eigenvalue weighted by atomic mass is 16.3. The Bertz CT molecular complexity index is 559. The van der Waals surface area contributed by atoms with Crippen LogP contribution in [-0.4, -0.2) is 11.0 Å². The summed E-state index contributed by atoms with van der Waals surface area (Å²) in [5.74, 6) is -0.885. The Kier molecular flexibility index (Phi) is 4.93. The molecule has 0 aliphatic heterocycles. The number of carbonyl (C=O) groups excluding carboxylic acids is 1. The second-order valence-corrected chi connectivity index (χ2v) is 5.34. The number of anilines is 1. The third kappa shape index (κ3) is 3.61. The molecule has 4 nitrogen and oxygen atoms in total. The highest BCUT2D eigenvalue weighted by Crippen LogP contribution is 2.27. The molecule has 1 rings (SSSR count). The van der Waals surface area contributed by atoms with Crippen LogP contribution in [0.3, 0.4) is 0 Å². The zero-order valence-corrected chi connectivity index (χ0v) is 12.3. The quantitative estimate of drug-likeness (QED) is 0.499. The number of hydrogen-bond donors (Lipinski definition) is 2. The van der Waals surface area contributed by atoms with Crippen LogP contribution in [0.4, 0.5) is 5.69 Å². The van der Waals surface area contributed by atoms with E-state index in [4.69, 9.17) is 5.26 Å². The molecule has 1 amide bonds. The van der Waals surface area contributed by atoms with Gasteiger partial charge in [-0.05, 0) is 36.5 Å². The summed E-state index contributed by atoms with van der Waals surface area (Å²) in [5.41, 5.74) is 1.59.